The molecule has 0 saturated heterocycles. The van der Waals surface area contributed by atoms with E-state index in [4.69, 9.17) is 9.84 Å². The molecule has 0 aromatic heterocycles. The molecular formula is C17H23NO3. The number of hydrogen-bond donors (Lipinski definition) is 3. The molecule has 2 rings (SSSR count). The van der Waals surface area contributed by atoms with E-state index in [9.17, 15) is 5.11 Å². The van der Waals surface area contributed by atoms with Crippen LogP contribution in [0, 0.1) is 0 Å². The second-order valence-electron chi connectivity index (χ2n) is 5.14. The first-order valence-electron chi connectivity index (χ1n) is 7.37. The van der Waals surface area contributed by atoms with Crippen LogP contribution in [-0.2, 0) is 0 Å². The van der Waals surface area contributed by atoms with Crippen LogP contribution in [0.2, 0.25) is 0 Å². The molecule has 0 unspecified atom stereocenters. The van der Waals surface area contributed by atoms with Crippen LogP contribution in [0.1, 0.15) is 13.3 Å². The second-order valence-corrected chi connectivity index (χ2v) is 5.14. The van der Waals surface area contributed by atoms with Crippen molar-refractivity contribution in [2.24, 2.45) is 0 Å². The summed E-state index contributed by atoms with van der Waals surface area (Å²) < 4.78 is 5.73. The van der Waals surface area contributed by atoms with Gasteiger partial charge in [-0.2, -0.15) is 0 Å². The first-order valence-corrected chi connectivity index (χ1v) is 7.37. The molecule has 0 heterocycles. The molecule has 2 aromatic carbocycles. The molecule has 0 bridgehead atoms. The fourth-order valence-corrected chi connectivity index (χ4v) is 2.21. The van der Waals surface area contributed by atoms with Crippen molar-refractivity contribution in [1.82, 2.24) is 5.32 Å². The van der Waals surface area contributed by atoms with Gasteiger partial charge in [-0.05, 0) is 17.9 Å². The summed E-state index contributed by atoms with van der Waals surface area (Å²) in [6.45, 7) is 2.70. The predicted octanol–water partition coefficient (Wildman–Crippen LogP) is 1.94. The number of rotatable bonds is 8. The third kappa shape index (κ3) is 4.43. The molecule has 0 saturated carbocycles. The van der Waals surface area contributed by atoms with Gasteiger partial charge in [0.15, 0.2) is 0 Å². The van der Waals surface area contributed by atoms with Crippen LogP contribution < -0.4 is 10.1 Å². The number of hydrogen-bond acceptors (Lipinski definition) is 4. The summed E-state index contributed by atoms with van der Waals surface area (Å²) in [4.78, 5) is 0. The summed E-state index contributed by atoms with van der Waals surface area (Å²) in [5.74, 6) is 0.779. The molecule has 0 radical (unpaired) electrons. The van der Waals surface area contributed by atoms with Gasteiger partial charge < -0.3 is 20.3 Å². The summed E-state index contributed by atoms with van der Waals surface area (Å²) >= 11 is 0. The maximum atomic E-state index is 9.95. The van der Waals surface area contributed by atoms with Crippen LogP contribution in [0.5, 0.6) is 5.75 Å². The average Bonchev–Trinajstić information content (AvgIpc) is 2.53. The fraction of sp³-hybridized carbons (Fsp3) is 0.412. The number of fused-ring (bicyclic) bond motifs is 1. The Bertz CT molecular complexity index is 549. The maximum absolute atomic E-state index is 9.95. The van der Waals surface area contributed by atoms with E-state index < -0.39 is 6.10 Å². The Morgan fingerprint density at radius 2 is 1.90 bits per heavy atom. The Balaban J connectivity index is 1.89. The molecule has 21 heavy (non-hydrogen) atoms. The SMILES string of the molecule is CC[C@@H](CO)NC[C@H](O)COc1cccc2ccccc12. The van der Waals surface area contributed by atoms with Crippen molar-refractivity contribution in [1.29, 1.82) is 0 Å². The van der Waals surface area contributed by atoms with Crippen LogP contribution in [0.3, 0.4) is 0 Å². The number of aliphatic hydroxyl groups excluding tert-OH is 2. The zero-order chi connectivity index (χ0) is 15.1. The van der Waals surface area contributed by atoms with Crippen molar-refractivity contribution < 1.29 is 14.9 Å². The van der Waals surface area contributed by atoms with Crippen LogP contribution in [0.25, 0.3) is 10.8 Å². The first-order chi connectivity index (χ1) is 10.2. The van der Waals surface area contributed by atoms with Gasteiger partial charge in [-0.3, -0.25) is 0 Å². The van der Waals surface area contributed by atoms with Gasteiger partial charge in [-0.1, -0.05) is 43.3 Å². The number of nitrogens with one attached hydrogen (secondary N) is 1. The van der Waals surface area contributed by atoms with Crippen LogP contribution in [0.4, 0.5) is 0 Å². The quantitative estimate of drug-likeness (QED) is 0.695. The molecule has 0 spiro atoms. The zero-order valence-corrected chi connectivity index (χ0v) is 12.3. The van der Waals surface area contributed by atoms with Gasteiger partial charge in [-0.15, -0.1) is 0 Å². The molecule has 114 valence electrons. The minimum atomic E-state index is -0.607. The van der Waals surface area contributed by atoms with Gasteiger partial charge >= 0.3 is 0 Å². The van der Waals surface area contributed by atoms with Crippen molar-refractivity contribution in [2.45, 2.75) is 25.5 Å². The molecule has 2 aromatic rings. The lowest BCUT2D eigenvalue weighted by Gasteiger charge is -2.18. The maximum Gasteiger partial charge on any atom is 0.127 e. The van der Waals surface area contributed by atoms with E-state index in [0.29, 0.717) is 6.54 Å². The standard InChI is InChI=1S/C17H23NO3/c1-2-14(11-19)18-10-15(20)12-21-17-9-5-7-13-6-3-4-8-16(13)17/h3-9,14-15,18-20H,2,10-12H2,1H3/t14-,15-/m0/s1. The van der Waals surface area contributed by atoms with Gasteiger partial charge in [0.1, 0.15) is 18.5 Å². The predicted molar refractivity (Wildman–Crippen MR) is 84.6 cm³/mol. The lowest BCUT2D eigenvalue weighted by Crippen LogP contribution is -2.39. The van der Waals surface area contributed by atoms with Crippen LogP contribution in [-0.4, -0.2) is 42.1 Å². The Morgan fingerprint density at radius 3 is 2.67 bits per heavy atom. The molecule has 0 fully saturated rings. The van der Waals surface area contributed by atoms with Crippen molar-refractivity contribution in [3.63, 3.8) is 0 Å². The lowest BCUT2D eigenvalue weighted by atomic mass is 10.1. The highest BCUT2D eigenvalue weighted by molar-refractivity contribution is 5.88. The molecule has 0 aliphatic carbocycles. The third-order valence-electron chi connectivity index (χ3n) is 3.54. The van der Waals surface area contributed by atoms with E-state index >= 15 is 0 Å². The second kappa shape index (κ2) is 7.98. The Kier molecular flexibility index (Phi) is 5.99. The minimum absolute atomic E-state index is 0.0252. The summed E-state index contributed by atoms with van der Waals surface area (Å²) in [5, 5.41) is 24.3. The third-order valence-corrected chi connectivity index (χ3v) is 3.54. The normalized spacial score (nSPS) is 14.0. The average molecular weight is 289 g/mol. The highest BCUT2D eigenvalue weighted by atomic mass is 16.5. The van der Waals surface area contributed by atoms with E-state index in [1.807, 2.05) is 49.4 Å². The van der Waals surface area contributed by atoms with Gasteiger partial charge in [0, 0.05) is 18.0 Å². The number of ether oxygens (including phenoxy) is 1. The van der Waals surface area contributed by atoms with E-state index in [0.717, 1.165) is 22.9 Å². The molecule has 4 nitrogen and oxygen atoms in total. The Hall–Kier alpha value is -1.62. The van der Waals surface area contributed by atoms with E-state index in [-0.39, 0.29) is 19.3 Å². The summed E-state index contributed by atoms with van der Waals surface area (Å²) in [6, 6.07) is 13.9. The number of aliphatic hydroxyl groups is 2. The van der Waals surface area contributed by atoms with E-state index in [2.05, 4.69) is 5.32 Å². The highest BCUT2D eigenvalue weighted by Gasteiger charge is 2.10. The summed E-state index contributed by atoms with van der Waals surface area (Å²) in [6.07, 6.45) is 0.220. The topological polar surface area (TPSA) is 61.7 Å². The van der Waals surface area contributed by atoms with Gasteiger partial charge in [0.25, 0.3) is 0 Å². The molecule has 0 aliphatic rings. The van der Waals surface area contributed by atoms with Crippen LogP contribution in [0.15, 0.2) is 42.5 Å². The molecule has 0 amide bonds. The summed E-state index contributed by atoms with van der Waals surface area (Å²) in [7, 11) is 0. The van der Waals surface area contributed by atoms with Gasteiger partial charge in [-0.25, -0.2) is 0 Å². The first kappa shape index (κ1) is 15.8. The molecule has 4 heteroatoms. The Morgan fingerprint density at radius 1 is 1.14 bits per heavy atom. The highest BCUT2D eigenvalue weighted by Crippen LogP contribution is 2.25. The molecule has 0 aliphatic heterocycles. The Labute approximate surface area is 125 Å². The van der Waals surface area contributed by atoms with Crippen molar-refractivity contribution in [2.75, 3.05) is 19.8 Å². The molecule has 2 atom stereocenters. The summed E-state index contributed by atoms with van der Waals surface area (Å²) in [5.41, 5.74) is 0. The smallest absolute Gasteiger partial charge is 0.127 e. The largest absolute Gasteiger partial charge is 0.490 e. The van der Waals surface area contributed by atoms with E-state index in [1.165, 1.54) is 0 Å². The van der Waals surface area contributed by atoms with Gasteiger partial charge in [0.05, 0.1) is 6.61 Å². The zero-order valence-electron chi connectivity index (χ0n) is 12.3. The lowest BCUT2D eigenvalue weighted by molar-refractivity contribution is 0.100. The van der Waals surface area contributed by atoms with Crippen molar-refractivity contribution >= 4 is 10.8 Å². The van der Waals surface area contributed by atoms with E-state index in [1.54, 1.807) is 0 Å². The minimum Gasteiger partial charge on any atom is -0.490 e. The molecular weight excluding hydrogens is 266 g/mol. The number of benzene rings is 2. The monoisotopic (exact) mass is 289 g/mol. The van der Waals surface area contributed by atoms with Crippen LogP contribution >= 0.6 is 0 Å². The fourth-order valence-electron chi connectivity index (χ4n) is 2.21. The van der Waals surface area contributed by atoms with Crippen molar-refractivity contribution in [3.05, 3.63) is 42.5 Å². The molecule has 3 N–H and O–H groups in total. The van der Waals surface area contributed by atoms with Gasteiger partial charge in [0.2, 0.25) is 0 Å². The van der Waals surface area contributed by atoms with Crippen molar-refractivity contribution in [3.8, 4) is 5.75 Å².